The Balaban J connectivity index is 2.39. The number of methoxy groups -OCH3 is 1. The minimum absolute atomic E-state index is 0.155. The van der Waals surface area contributed by atoms with Gasteiger partial charge in [0.05, 0.1) is 27.7 Å². The number of amides is 1. The first-order valence-corrected chi connectivity index (χ1v) is 8.12. The molecule has 1 rings (SSSR count). The first-order valence-electron chi connectivity index (χ1n) is 7.71. The topological polar surface area (TPSA) is 83.9 Å². The summed E-state index contributed by atoms with van der Waals surface area (Å²) in [5, 5.41) is 9.23. The van der Waals surface area contributed by atoms with Gasteiger partial charge in [-0.15, -0.1) is 0 Å². The van der Waals surface area contributed by atoms with Crippen molar-refractivity contribution in [2.45, 2.75) is 6.42 Å². The van der Waals surface area contributed by atoms with E-state index >= 15 is 0 Å². The average molecular weight is 353 g/mol. The van der Waals surface area contributed by atoms with E-state index in [4.69, 9.17) is 12.2 Å². The molecule has 0 fully saturated rings. The highest BCUT2D eigenvalue weighted by atomic mass is 32.1. The SMILES string of the molecule is COC(=O)CNC(=O)c1ccc(NC(=S)NCCC[NH+](C)C)cc1. The van der Waals surface area contributed by atoms with Gasteiger partial charge in [-0.25, -0.2) is 0 Å². The average Bonchev–Trinajstić information content (AvgIpc) is 2.56. The van der Waals surface area contributed by atoms with Crippen LogP contribution in [0.4, 0.5) is 5.69 Å². The van der Waals surface area contributed by atoms with Gasteiger partial charge < -0.3 is 25.6 Å². The third-order valence-corrected chi connectivity index (χ3v) is 3.41. The van der Waals surface area contributed by atoms with Crippen LogP contribution in [0.15, 0.2) is 24.3 Å². The Bertz CT molecular complexity index is 561. The molecule has 0 bridgehead atoms. The van der Waals surface area contributed by atoms with Crippen LogP contribution in [0, 0.1) is 0 Å². The summed E-state index contributed by atoms with van der Waals surface area (Å²) in [5.74, 6) is -0.826. The lowest BCUT2D eigenvalue weighted by molar-refractivity contribution is -0.858. The van der Waals surface area contributed by atoms with Crippen molar-refractivity contribution >= 4 is 34.9 Å². The second-order valence-electron chi connectivity index (χ2n) is 5.53. The fraction of sp³-hybridized carbons (Fsp3) is 0.438. The fourth-order valence-electron chi connectivity index (χ4n) is 1.85. The highest BCUT2D eigenvalue weighted by molar-refractivity contribution is 7.80. The molecule has 0 radical (unpaired) electrons. The molecule has 1 amide bonds. The van der Waals surface area contributed by atoms with E-state index in [0.29, 0.717) is 10.7 Å². The lowest BCUT2D eigenvalue weighted by Crippen LogP contribution is -3.05. The van der Waals surface area contributed by atoms with Crippen molar-refractivity contribution in [1.82, 2.24) is 10.6 Å². The highest BCUT2D eigenvalue weighted by Crippen LogP contribution is 2.09. The van der Waals surface area contributed by atoms with Crippen LogP contribution < -0.4 is 20.9 Å². The molecule has 0 saturated carbocycles. The predicted molar refractivity (Wildman–Crippen MR) is 97.3 cm³/mol. The Morgan fingerprint density at radius 1 is 1.17 bits per heavy atom. The zero-order valence-corrected chi connectivity index (χ0v) is 15.1. The molecule has 0 aromatic heterocycles. The van der Waals surface area contributed by atoms with Crippen molar-refractivity contribution in [2.24, 2.45) is 0 Å². The lowest BCUT2D eigenvalue weighted by Gasteiger charge is -2.12. The maximum absolute atomic E-state index is 11.8. The molecular formula is C16H25N4O3S+. The number of anilines is 1. The van der Waals surface area contributed by atoms with Crippen LogP contribution in [0.1, 0.15) is 16.8 Å². The number of nitrogens with one attached hydrogen (secondary N) is 4. The Morgan fingerprint density at radius 2 is 1.83 bits per heavy atom. The molecule has 1 aromatic rings. The van der Waals surface area contributed by atoms with E-state index < -0.39 is 5.97 Å². The van der Waals surface area contributed by atoms with E-state index in [1.807, 2.05) is 0 Å². The number of hydrogen-bond donors (Lipinski definition) is 4. The number of carbonyl (C=O) groups is 2. The zero-order chi connectivity index (χ0) is 17.9. The molecule has 132 valence electrons. The molecule has 0 atom stereocenters. The zero-order valence-electron chi connectivity index (χ0n) is 14.3. The largest absolute Gasteiger partial charge is 0.468 e. The van der Waals surface area contributed by atoms with Gasteiger partial charge in [0.25, 0.3) is 5.91 Å². The Labute approximate surface area is 147 Å². The summed E-state index contributed by atoms with van der Waals surface area (Å²) < 4.78 is 4.47. The maximum atomic E-state index is 11.8. The summed E-state index contributed by atoms with van der Waals surface area (Å²) >= 11 is 5.22. The number of rotatable bonds is 8. The third kappa shape index (κ3) is 7.89. The van der Waals surface area contributed by atoms with E-state index in [2.05, 4.69) is 34.8 Å². The number of ether oxygens (including phenoxy) is 1. The van der Waals surface area contributed by atoms with Crippen molar-refractivity contribution in [2.75, 3.05) is 46.2 Å². The fourth-order valence-corrected chi connectivity index (χ4v) is 2.07. The van der Waals surface area contributed by atoms with Crippen LogP contribution in [0.3, 0.4) is 0 Å². The van der Waals surface area contributed by atoms with E-state index in [-0.39, 0.29) is 12.5 Å². The third-order valence-electron chi connectivity index (χ3n) is 3.17. The summed E-state index contributed by atoms with van der Waals surface area (Å²) in [6.45, 7) is 1.73. The summed E-state index contributed by atoms with van der Waals surface area (Å²) in [4.78, 5) is 24.2. The molecule has 0 aliphatic rings. The van der Waals surface area contributed by atoms with Crippen LogP contribution >= 0.6 is 12.2 Å². The molecule has 0 aliphatic heterocycles. The van der Waals surface area contributed by atoms with E-state index in [1.165, 1.54) is 12.0 Å². The van der Waals surface area contributed by atoms with Gasteiger partial charge >= 0.3 is 5.97 Å². The van der Waals surface area contributed by atoms with Crippen LogP contribution in [-0.4, -0.2) is 57.8 Å². The summed E-state index contributed by atoms with van der Waals surface area (Å²) in [5.41, 5.74) is 1.24. The molecule has 0 saturated heterocycles. The maximum Gasteiger partial charge on any atom is 0.325 e. The van der Waals surface area contributed by atoms with Gasteiger partial charge in [-0.05, 0) is 36.5 Å². The van der Waals surface area contributed by atoms with Crippen molar-refractivity contribution < 1.29 is 19.2 Å². The summed E-state index contributed by atoms with van der Waals surface area (Å²) in [6.07, 6.45) is 1.03. The number of esters is 1. The normalized spacial score (nSPS) is 10.2. The lowest BCUT2D eigenvalue weighted by atomic mass is 10.2. The van der Waals surface area contributed by atoms with Gasteiger partial charge in [0.15, 0.2) is 5.11 Å². The second kappa shape index (κ2) is 10.6. The quantitative estimate of drug-likeness (QED) is 0.284. The summed E-state index contributed by atoms with van der Waals surface area (Å²) in [6, 6.07) is 6.83. The highest BCUT2D eigenvalue weighted by Gasteiger charge is 2.08. The van der Waals surface area contributed by atoms with Crippen molar-refractivity contribution in [3.05, 3.63) is 29.8 Å². The number of carbonyl (C=O) groups excluding carboxylic acids is 2. The molecule has 1 aromatic carbocycles. The van der Waals surface area contributed by atoms with Gasteiger partial charge in [0.2, 0.25) is 0 Å². The van der Waals surface area contributed by atoms with Gasteiger partial charge in [0, 0.05) is 24.2 Å². The van der Waals surface area contributed by atoms with Crippen LogP contribution in [0.5, 0.6) is 0 Å². The Kier molecular flexibility index (Phi) is 8.74. The van der Waals surface area contributed by atoms with E-state index in [1.54, 1.807) is 24.3 Å². The van der Waals surface area contributed by atoms with Gasteiger partial charge in [-0.2, -0.15) is 0 Å². The number of quaternary nitrogens is 1. The molecule has 0 spiro atoms. The first-order chi connectivity index (χ1) is 11.4. The molecule has 4 N–H and O–H groups in total. The minimum Gasteiger partial charge on any atom is -0.468 e. The van der Waals surface area contributed by atoms with Gasteiger partial charge in [0.1, 0.15) is 6.54 Å². The minimum atomic E-state index is -0.492. The monoisotopic (exact) mass is 353 g/mol. The summed E-state index contributed by atoms with van der Waals surface area (Å²) in [7, 11) is 5.49. The van der Waals surface area contributed by atoms with Crippen molar-refractivity contribution in [3.8, 4) is 0 Å². The predicted octanol–water partition coefficient (Wildman–Crippen LogP) is -0.590. The van der Waals surface area contributed by atoms with Gasteiger partial charge in [-0.1, -0.05) is 0 Å². The Morgan fingerprint density at radius 3 is 2.42 bits per heavy atom. The molecular weight excluding hydrogens is 328 g/mol. The standard InChI is InChI=1S/C16H24N4O3S/c1-20(2)10-4-9-17-16(24)19-13-7-5-12(6-8-13)15(22)18-11-14(21)23-3/h5-8H,4,9-11H2,1-3H3,(H,18,22)(H2,17,19,24)/p+1. The molecule has 0 unspecified atom stereocenters. The Hall–Kier alpha value is -2.19. The van der Waals surface area contributed by atoms with Gasteiger partial charge in [-0.3, -0.25) is 9.59 Å². The van der Waals surface area contributed by atoms with Crippen LogP contribution in [0.2, 0.25) is 0 Å². The second-order valence-corrected chi connectivity index (χ2v) is 5.94. The molecule has 0 aliphatic carbocycles. The molecule has 24 heavy (non-hydrogen) atoms. The van der Waals surface area contributed by atoms with Crippen LogP contribution in [-0.2, 0) is 9.53 Å². The number of thiocarbonyl (C=S) groups is 1. The molecule has 8 heteroatoms. The number of hydrogen-bond acceptors (Lipinski definition) is 4. The molecule has 0 heterocycles. The molecule has 7 nitrogen and oxygen atoms in total. The van der Waals surface area contributed by atoms with Crippen LogP contribution in [0.25, 0.3) is 0 Å². The van der Waals surface area contributed by atoms with Crippen molar-refractivity contribution in [3.63, 3.8) is 0 Å². The number of benzene rings is 1. The van der Waals surface area contributed by atoms with Crippen molar-refractivity contribution in [1.29, 1.82) is 0 Å². The smallest absolute Gasteiger partial charge is 0.325 e. The first kappa shape index (κ1) is 19.9. The van der Waals surface area contributed by atoms with E-state index in [0.717, 1.165) is 25.2 Å². The van der Waals surface area contributed by atoms with E-state index in [9.17, 15) is 9.59 Å².